The number of carboxylic acids is 1. The van der Waals surface area contributed by atoms with Crippen molar-refractivity contribution in [1.29, 1.82) is 0 Å². The first kappa shape index (κ1) is 22.8. The van der Waals surface area contributed by atoms with Crippen molar-refractivity contribution in [2.45, 2.75) is 44.6 Å². The molecule has 7 heteroatoms. The predicted octanol–water partition coefficient (Wildman–Crippen LogP) is 3.92. The Kier molecular flexibility index (Phi) is 6.96. The molecule has 0 spiro atoms. The molecular weight excluding hydrogens is 420 g/mol. The van der Waals surface area contributed by atoms with Gasteiger partial charge in [0.1, 0.15) is 6.61 Å². The molecule has 3 N–H and O–H groups in total. The number of alkyl carbamates (subject to hydrolysis) is 1. The molecule has 0 bridgehead atoms. The molecule has 1 fully saturated rings. The Balaban J connectivity index is 1.30. The molecule has 4 rings (SSSR count). The zero-order valence-corrected chi connectivity index (χ0v) is 18.8. The number of hydrogen-bond acceptors (Lipinski definition) is 4. The first-order valence-corrected chi connectivity index (χ1v) is 11.6. The molecule has 7 nitrogen and oxygen atoms in total. The van der Waals surface area contributed by atoms with Gasteiger partial charge in [0.15, 0.2) is 0 Å². The molecule has 174 valence electrons. The Morgan fingerprint density at radius 2 is 1.67 bits per heavy atom. The number of fused-ring (bicyclic) bond motifs is 3. The van der Waals surface area contributed by atoms with Gasteiger partial charge in [-0.05, 0) is 41.5 Å². The first-order chi connectivity index (χ1) is 15.9. The number of amides is 2. The van der Waals surface area contributed by atoms with Crippen molar-refractivity contribution >= 4 is 18.0 Å². The summed E-state index contributed by atoms with van der Waals surface area (Å²) in [6.07, 6.45) is 2.40. The van der Waals surface area contributed by atoms with Crippen molar-refractivity contribution in [2.24, 2.45) is 11.8 Å². The third-order valence-electron chi connectivity index (χ3n) is 6.71. The van der Waals surface area contributed by atoms with Crippen molar-refractivity contribution in [2.75, 3.05) is 13.2 Å². The van der Waals surface area contributed by atoms with Gasteiger partial charge in [0.05, 0.1) is 5.92 Å². The van der Waals surface area contributed by atoms with Crippen LogP contribution in [0.2, 0.25) is 0 Å². The second-order valence-corrected chi connectivity index (χ2v) is 9.01. The molecule has 2 aromatic carbocycles. The predicted molar refractivity (Wildman–Crippen MR) is 124 cm³/mol. The summed E-state index contributed by atoms with van der Waals surface area (Å²) < 4.78 is 5.63. The fourth-order valence-electron chi connectivity index (χ4n) is 4.85. The third kappa shape index (κ3) is 5.18. The Labute approximate surface area is 193 Å². The normalized spacial score (nSPS) is 20.3. The summed E-state index contributed by atoms with van der Waals surface area (Å²) in [4.78, 5) is 35.9. The molecule has 2 amide bonds. The maximum Gasteiger partial charge on any atom is 0.407 e. The number of carbonyl (C=O) groups excluding carboxylic acids is 2. The van der Waals surface area contributed by atoms with E-state index in [0.29, 0.717) is 6.42 Å². The molecule has 33 heavy (non-hydrogen) atoms. The van der Waals surface area contributed by atoms with Gasteiger partial charge in [-0.1, -0.05) is 61.9 Å². The highest BCUT2D eigenvalue weighted by molar-refractivity contribution is 5.80. The molecule has 1 saturated carbocycles. The van der Waals surface area contributed by atoms with Crippen LogP contribution in [0.25, 0.3) is 11.1 Å². The molecule has 1 unspecified atom stereocenters. The molecule has 0 aliphatic heterocycles. The second-order valence-electron chi connectivity index (χ2n) is 9.01. The van der Waals surface area contributed by atoms with Crippen LogP contribution in [0.4, 0.5) is 4.79 Å². The van der Waals surface area contributed by atoms with E-state index in [1.165, 1.54) is 11.1 Å². The van der Waals surface area contributed by atoms with Crippen molar-refractivity contribution in [3.8, 4) is 11.1 Å². The average molecular weight is 451 g/mol. The smallest absolute Gasteiger partial charge is 0.407 e. The molecular formula is C26H30N2O5. The number of benzene rings is 2. The van der Waals surface area contributed by atoms with E-state index in [0.717, 1.165) is 30.4 Å². The van der Waals surface area contributed by atoms with E-state index in [4.69, 9.17) is 9.84 Å². The minimum atomic E-state index is -0.936. The lowest BCUT2D eigenvalue weighted by Crippen LogP contribution is -2.43. The average Bonchev–Trinajstić information content (AvgIpc) is 3.15. The largest absolute Gasteiger partial charge is 0.481 e. The molecule has 2 aliphatic rings. The Bertz CT molecular complexity index is 991. The Morgan fingerprint density at radius 1 is 1.03 bits per heavy atom. The lowest BCUT2D eigenvalue weighted by molar-refractivity contribution is -0.141. The van der Waals surface area contributed by atoms with Gasteiger partial charge < -0.3 is 20.5 Å². The van der Waals surface area contributed by atoms with Crippen LogP contribution in [0, 0.1) is 11.8 Å². The molecule has 0 radical (unpaired) electrons. The van der Waals surface area contributed by atoms with Crippen LogP contribution < -0.4 is 10.6 Å². The topological polar surface area (TPSA) is 105 Å². The second kappa shape index (κ2) is 10.1. The van der Waals surface area contributed by atoms with Crippen molar-refractivity contribution in [3.63, 3.8) is 0 Å². The number of carboxylic acid groups (broad SMARTS) is 1. The van der Waals surface area contributed by atoms with E-state index in [-0.39, 0.29) is 36.9 Å². The van der Waals surface area contributed by atoms with Gasteiger partial charge in [-0.25, -0.2) is 4.79 Å². The number of nitrogens with one attached hydrogen (secondary N) is 2. The lowest BCUT2D eigenvalue weighted by atomic mass is 9.85. The lowest BCUT2D eigenvalue weighted by Gasteiger charge is -2.29. The fraction of sp³-hybridized carbons (Fsp3) is 0.423. The molecule has 3 atom stereocenters. The van der Waals surface area contributed by atoms with Gasteiger partial charge in [-0.3, -0.25) is 9.59 Å². The summed E-state index contributed by atoms with van der Waals surface area (Å²) in [5.74, 6) is -1.95. The van der Waals surface area contributed by atoms with Gasteiger partial charge in [-0.2, -0.15) is 0 Å². The van der Waals surface area contributed by atoms with Crippen LogP contribution in [-0.2, 0) is 14.3 Å². The SMILES string of the molecule is CC(CNC(=O)[C@@H]1CCC[C@@H](NC(=O)OCC2c3ccccc3-c3ccccc32)C1)C(=O)O. The Hall–Kier alpha value is -3.35. The zero-order chi connectivity index (χ0) is 23.4. The minimum absolute atomic E-state index is 0.00394. The quantitative estimate of drug-likeness (QED) is 0.593. The Morgan fingerprint density at radius 3 is 2.30 bits per heavy atom. The van der Waals surface area contributed by atoms with Crippen molar-refractivity contribution in [1.82, 2.24) is 10.6 Å². The van der Waals surface area contributed by atoms with Crippen molar-refractivity contribution in [3.05, 3.63) is 59.7 Å². The number of rotatable bonds is 7. The van der Waals surface area contributed by atoms with Crippen LogP contribution in [0.3, 0.4) is 0 Å². The number of carbonyl (C=O) groups is 3. The van der Waals surface area contributed by atoms with Crippen LogP contribution in [0.5, 0.6) is 0 Å². The van der Waals surface area contributed by atoms with Crippen LogP contribution >= 0.6 is 0 Å². The fourth-order valence-corrected chi connectivity index (χ4v) is 4.85. The number of hydrogen-bond donors (Lipinski definition) is 3. The molecule has 2 aromatic rings. The summed E-state index contributed by atoms with van der Waals surface area (Å²) in [6.45, 7) is 1.92. The zero-order valence-electron chi connectivity index (χ0n) is 18.8. The van der Waals surface area contributed by atoms with E-state index in [2.05, 4.69) is 34.9 Å². The standard InChI is InChI=1S/C26H30N2O5/c1-16(25(30)31)14-27-24(29)17-7-6-8-18(13-17)28-26(32)33-15-23-21-11-4-2-9-19(21)20-10-3-5-12-22(20)23/h2-5,9-12,16-18,23H,6-8,13-15H2,1H3,(H,27,29)(H,28,32)(H,30,31)/t16?,17-,18-/m1/s1. The van der Waals surface area contributed by atoms with E-state index in [1.807, 2.05) is 24.3 Å². The summed E-state index contributed by atoms with van der Waals surface area (Å²) in [5.41, 5.74) is 4.69. The summed E-state index contributed by atoms with van der Waals surface area (Å²) >= 11 is 0. The van der Waals surface area contributed by atoms with E-state index in [1.54, 1.807) is 6.92 Å². The third-order valence-corrected chi connectivity index (χ3v) is 6.71. The van der Waals surface area contributed by atoms with Crippen molar-refractivity contribution < 1.29 is 24.2 Å². The number of ether oxygens (including phenoxy) is 1. The van der Waals surface area contributed by atoms with E-state index in [9.17, 15) is 14.4 Å². The molecule has 2 aliphatic carbocycles. The molecule has 0 aromatic heterocycles. The minimum Gasteiger partial charge on any atom is -0.481 e. The van der Waals surface area contributed by atoms with Gasteiger partial charge >= 0.3 is 12.1 Å². The molecule has 0 saturated heterocycles. The highest BCUT2D eigenvalue weighted by Crippen LogP contribution is 2.44. The van der Waals surface area contributed by atoms with Crippen LogP contribution in [0.15, 0.2) is 48.5 Å². The van der Waals surface area contributed by atoms with Crippen LogP contribution in [-0.4, -0.2) is 42.3 Å². The van der Waals surface area contributed by atoms with Gasteiger partial charge in [0.25, 0.3) is 0 Å². The molecule has 0 heterocycles. The van der Waals surface area contributed by atoms with Gasteiger partial charge in [0, 0.05) is 24.4 Å². The maximum atomic E-state index is 12.6. The summed E-state index contributed by atoms with van der Waals surface area (Å²) in [7, 11) is 0. The monoisotopic (exact) mass is 450 g/mol. The van der Waals surface area contributed by atoms with E-state index >= 15 is 0 Å². The first-order valence-electron chi connectivity index (χ1n) is 11.6. The highest BCUT2D eigenvalue weighted by atomic mass is 16.5. The van der Waals surface area contributed by atoms with Gasteiger partial charge in [0.2, 0.25) is 5.91 Å². The summed E-state index contributed by atoms with van der Waals surface area (Å²) in [6, 6.07) is 16.3. The van der Waals surface area contributed by atoms with Crippen LogP contribution in [0.1, 0.15) is 49.7 Å². The number of aliphatic carboxylic acids is 1. The maximum absolute atomic E-state index is 12.6. The van der Waals surface area contributed by atoms with E-state index < -0.39 is 18.0 Å². The van der Waals surface area contributed by atoms with Gasteiger partial charge in [-0.15, -0.1) is 0 Å². The highest BCUT2D eigenvalue weighted by Gasteiger charge is 2.31. The summed E-state index contributed by atoms with van der Waals surface area (Å²) in [5, 5.41) is 14.6.